The maximum Gasteiger partial charge on any atom is 0.358 e. The molecule has 0 spiro atoms. The second-order valence-corrected chi connectivity index (χ2v) is 4.12. The van der Waals surface area contributed by atoms with Crippen LogP contribution >= 0.6 is 0 Å². The number of esters is 1. The summed E-state index contributed by atoms with van der Waals surface area (Å²) in [6.07, 6.45) is 1.52. The molecule has 100 valence electrons. The number of benzene rings is 1. The first kappa shape index (κ1) is 13.3. The maximum atomic E-state index is 13.6. The number of ether oxygens (including phenoxy) is 1. The van der Waals surface area contributed by atoms with Crippen LogP contribution in [0.2, 0.25) is 0 Å². The summed E-state index contributed by atoms with van der Waals surface area (Å²) >= 11 is 0. The van der Waals surface area contributed by atoms with E-state index in [-0.39, 0.29) is 11.5 Å². The van der Waals surface area contributed by atoms with Crippen molar-refractivity contribution in [1.82, 2.24) is 9.55 Å². The summed E-state index contributed by atoms with van der Waals surface area (Å²) < 4.78 is 20.2. The van der Waals surface area contributed by atoms with Gasteiger partial charge in [0.2, 0.25) is 0 Å². The van der Waals surface area contributed by atoms with Gasteiger partial charge in [-0.1, -0.05) is 18.2 Å². The molecular weight excluding hydrogens is 247 g/mol. The summed E-state index contributed by atoms with van der Waals surface area (Å²) in [7, 11) is 0. The first-order valence-corrected chi connectivity index (χ1v) is 6.05. The van der Waals surface area contributed by atoms with Crippen molar-refractivity contribution in [2.24, 2.45) is 0 Å². The summed E-state index contributed by atoms with van der Waals surface area (Å²) in [4.78, 5) is 15.7. The third-order valence-electron chi connectivity index (χ3n) is 2.87. The minimum atomic E-state index is -0.452. The molecule has 0 bridgehead atoms. The minimum absolute atomic E-state index is 0.270. The Labute approximate surface area is 110 Å². The van der Waals surface area contributed by atoms with Crippen molar-refractivity contribution in [3.63, 3.8) is 0 Å². The van der Waals surface area contributed by atoms with Crippen LogP contribution in [0.15, 0.2) is 30.6 Å². The monoisotopic (exact) mass is 262 g/mol. The molecule has 19 heavy (non-hydrogen) atoms. The van der Waals surface area contributed by atoms with Gasteiger partial charge in [0.25, 0.3) is 0 Å². The zero-order valence-corrected chi connectivity index (χ0v) is 10.9. The molecule has 0 unspecified atom stereocenters. The Balaban J connectivity index is 2.23. The lowest BCUT2D eigenvalue weighted by Crippen LogP contribution is -2.09. The van der Waals surface area contributed by atoms with Crippen molar-refractivity contribution >= 4 is 5.97 Å². The van der Waals surface area contributed by atoms with Crippen molar-refractivity contribution in [2.75, 3.05) is 6.61 Å². The van der Waals surface area contributed by atoms with Crippen LogP contribution in [-0.2, 0) is 11.3 Å². The predicted molar refractivity (Wildman–Crippen MR) is 68.4 cm³/mol. The molecule has 0 N–H and O–H groups in total. The van der Waals surface area contributed by atoms with Crippen LogP contribution in [0.25, 0.3) is 0 Å². The average Bonchev–Trinajstić information content (AvgIpc) is 2.74. The lowest BCUT2D eigenvalue weighted by Gasteiger charge is -2.07. The summed E-state index contributed by atoms with van der Waals surface area (Å²) in [5, 5.41) is 0. The van der Waals surface area contributed by atoms with Gasteiger partial charge in [-0.25, -0.2) is 14.2 Å². The molecule has 2 aromatic rings. The number of carbonyl (C=O) groups excluding carboxylic acids is 1. The summed E-state index contributed by atoms with van der Waals surface area (Å²) in [5.74, 6) is -0.722. The van der Waals surface area contributed by atoms with E-state index >= 15 is 0 Å². The van der Waals surface area contributed by atoms with Crippen LogP contribution in [0.1, 0.15) is 28.7 Å². The number of rotatable bonds is 4. The normalized spacial score (nSPS) is 10.5. The zero-order chi connectivity index (χ0) is 13.8. The minimum Gasteiger partial charge on any atom is -0.461 e. The fraction of sp³-hybridized carbons (Fsp3) is 0.286. The fourth-order valence-corrected chi connectivity index (χ4v) is 1.81. The van der Waals surface area contributed by atoms with Gasteiger partial charge in [-0.15, -0.1) is 0 Å². The topological polar surface area (TPSA) is 44.1 Å². The first-order valence-electron chi connectivity index (χ1n) is 6.05. The Morgan fingerprint density at radius 1 is 1.42 bits per heavy atom. The molecule has 1 heterocycles. The highest BCUT2D eigenvalue weighted by atomic mass is 19.1. The van der Waals surface area contributed by atoms with Gasteiger partial charge in [-0.3, -0.25) is 0 Å². The van der Waals surface area contributed by atoms with Gasteiger partial charge in [0.05, 0.1) is 19.5 Å². The SMILES string of the molecule is CCOC(=O)c1ncn(Cc2ccccc2F)c1C. The van der Waals surface area contributed by atoms with E-state index in [1.807, 2.05) is 0 Å². The van der Waals surface area contributed by atoms with E-state index in [2.05, 4.69) is 4.98 Å². The van der Waals surface area contributed by atoms with Gasteiger partial charge in [0, 0.05) is 11.3 Å². The van der Waals surface area contributed by atoms with E-state index in [1.165, 1.54) is 12.4 Å². The highest BCUT2D eigenvalue weighted by molar-refractivity contribution is 5.88. The van der Waals surface area contributed by atoms with Gasteiger partial charge >= 0.3 is 5.97 Å². The number of carbonyl (C=O) groups is 1. The van der Waals surface area contributed by atoms with Gasteiger partial charge in [0.15, 0.2) is 5.69 Å². The highest BCUT2D eigenvalue weighted by Gasteiger charge is 2.16. The Kier molecular flexibility index (Phi) is 3.94. The Morgan fingerprint density at radius 3 is 2.84 bits per heavy atom. The first-order chi connectivity index (χ1) is 9.13. The molecule has 0 saturated carbocycles. The molecule has 1 aromatic carbocycles. The average molecular weight is 262 g/mol. The molecule has 5 heteroatoms. The molecule has 1 aromatic heterocycles. The molecule has 0 aliphatic rings. The summed E-state index contributed by atoms with van der Waals surface area (Å²) in [6, 6.07) is 6.53. The zero-order valence-electron chi connectivity index (χ0n) is 10.9. The Hall–Kier alpha value is -2.17. The molecule has 0 fully saturated rings. The van der Waals surface area contributed by atoms with Crippen LogP contribution in [0.3, 0.4) is 0 Å². The van der Waals surface area contributed by atoms with Crippen molar-refractivity contribution in [3.05, 3.63) is 53.4 Å². The van der Waals surface area contributed by atoms with Crippen molar-refractivity contribution in [3.8, 4) is 0 Å². The van der Waals surface area contributed by atoms with E-state index < -0.39 is 5.97 Å². The van der Waals surface area contributed by atoms with Gasteiger partial charge in [-0.2, -0.15) is 0 Å². The van der Waals surface area contributed by atoms with Crippen molar-refractivity contribution in [1.29, 1.82) is 0 Å². The summed E-state index contributed by atoms with van der Waals surface area (Å²) in [6.45, 7) is 4.15. The van der Waals surface area contributed by atoms with E-state index in [0.29, 0.717) is 24.4 Å². The van der Waals surface area contributed by atoms with Crippen molar-refractivity contribution in [2.45, 2.75) is 20.4 Å². The third-order valence-corrected chi connectivity index (χ3v) is 2.87. The van der Waals surface area contributed by atoms with E-state index in [1.54, 1.807) is 36.6 Å². The van der Waals surface area contributed by atoms with E-state index in [9.17, 15) is 9.18 Å². The van der Waals surface area contributed by atoms with E-state index in [4.69, 9.17) is 4.74 Å². The lowest BCUT2D eigenvalue weighted by molar-refractivity contribution is 0.0519. The second-order valence-electron chi connectivity index (χ2n) is 4.12. The maximum absolute atomic E-state index is 13.6. The molecule has 0 saturated heterocycles. The van der Waals surface area contributed by atoms with Crippen LogP contribution in [0.5, 0.6) is 0 Å². The Bertz CT molecular complexity index is 593. The molecule has 0 aliphatic carbocycles. The molecule has 0 atom stereocenters. The number of hydrogen-bond acceptors (Lipinski definition) is 3. The van der Waals surface area contributed by atoms with Gasteiger partial charge in [-0.05, 0) is 19.9 Å². The largest absolute Gasteiger partial charge is 0.461 e. The number of halogens is 1. The Morgan fingerprint density at radius 2 is 2.16 bits per heavy atom. The molecule has 0 amide bonds. The fourth-order valence-electron chi connectivity index (χ4n) is 1.81. The van der Waals surface area contributed by atoms with Crippen LogP contribution in [-0.4, -0.2) is 22.1 Å². The van der Waals surface area contributed by atoms with Crippen LogP contribution < -0.4 is 0 Å². The molecule has 2 rings (SSSR count). The van der Waals surface area contributed by atoms with Gasteiger partial charge < -0.3 is 9.30 Å². The predicted octanol–water partition coefficient (Wildman–Crippen LogP) is 2.56. The number of aromatic nitrogens is 2. The number of imidazole rings is 1. The van der Waals surface area contributed by atoms with E-state index in [0.717, 1.165) is 0 Å². The lowest BCUT2D eigenvalue weighted by atomic mass is 10.2. The highest BCUT2D eigenvalue weighted by Crippen LogP contribution is 2.13. The summed E-state index contributed by atoms with van der Waals surface area (Å²) in [5.41, 5.74) is 1.50. The molecule has 4 nitrogen and oxygen atoms in total. The van der Waals surface area contributed by atoms with Crippen LogP contribution in [0, 0.1) is 12.7 Å². The third kappa shape index (κ3) is 2.81. The smallest absolute Gasteiger partial charge is 0.358 e. The van der Waals surface area contributed by atoms with Gasteiger partial charge in [0.1, 0.15) is 5.82 Å². The standard InChI is InChI=1S/C14H15FN2O2/c1-3-19-14(18)13-10(2)17(9-16-13)8-11-6-4-5-7-12(11)15/h4-7,9H,3,8H2,1-2H3. The number of hydrogen-bond donors (Lipinski definition) is 0. The molecular formula is C14H15FN2O2. The quantitative estimate of drug-likeness (QED) is 0.795. The number of nitrogens with zero attached hydrogens (tertiary/aromatic N) is 2. The second kappa shape index (κ2) is 5.65. The molecule has 0 radical (unpaired) electrons. The van der Waals surface area contributed by atoms with Crippen LogP contribution in [0.4, 0.5) is 4.39 Å². The molecule has 0 aliphatic heterocycles. The van der Waals surface area contributed by atoms with Crippen molar-refractivity contribution < 1.29 is 13.9 Å².